The lowest BCUT2D eigenvalue weighted by atomic mass is 9.88. The SMILES string of the molecule is Cc1ccccc1[C@H]1CCCN(C(=O)CCC(C)C)C1. The molecule has 2 heteroatoms. The normalized spacial score (nSPS) is 19.4. The van der Waals surface area contributed by atoms with E-state index in [1.54, 1.807) is 0 Å². The van der Waals surface area contributed by atoms with Gasteiger partial charge in [-0.1, -0.05) is 38.1 Å². The van der Waals surface area contributed by atoms with Gasteiger partial charge in [-0.25, -0.2) is 0 Å². The van der Waals surface area contributed by atoms with Crippen molar-refractivity contribution in [2.45, 2.75) is 52.4 Å². The molecule has 110 valence electrons. The number of hydrogen-bond acceptors (Lipinski definition) is 1. The number of carbonyl (C=O) groups is 1. The summed E-state index contributed by atoms with van der Waals surface area (Å²) in [6.07, 6.45) is 4.05. The highest BCUT2D eigenvalue weighted by atomic mass is 16.2. The predicted octanol–water partition coefficient (Wildman–Crippen LogP) is 4.14. The van der Waals surface area contributed by atoms with Crippen LogP contribution in [0.4, 0.5) is 0 Å². The summed E-state index contributed by atoms with van der Waals surface area (Å²) in [5.74, 6) is 1.47. The van der Waals surface area contributed by atoms with Crippen LogP contribution < -0.4 is 0 Å². The largest absolute Gasteiger partial charge is 0.342 e. The number of aryl methyl sites for hydroxylation is 1. The van der Waals surface area contributed by atoms with Crippen LogP contribution in [0.1, 0.15) is 56.6 Å². The van der Waals surface area contributed by atoms with Crippen molar-refractivity contribution in [3.05, 3.63) is 35.4 Å². The van der Waals surface area contributed by atoms with Crippen molar-refractivity contribution >= 4 is 5.91 Å². The molecule has 0 aliphatic carbocycles. The molecule has 0 aromatic heterocycles. The Bertz CT molecular complexity index is 452. The standard InChI is InChI=1S/C18H27NO/c1-14(2)10-11-18(20)19-12-6-8-16(13-19)17-9-5-4-7-15(17)3/h4-5,7,9,14,16H,6,8,10-13H2,1-3H3/t16-/m0/s1. The number of rotatable bonds is 4. The molecule has 1 fully saturated rings. The molecule has 2 rings (SSSR count). The van der Waals surface area contributed by atoms with Gasteiger partial charge in [-0.15, -0.1) is 0 Å². The van der Waals surface area contributed by atoms with E-state index in [0.29, 0.717) is 24.2 Å². The number of carbonyl (C=O) groups excluding carboxylic acids is 1. The second-order valence-electron chi connectivity index (χ2n) is 6.47. The molecule has 0 unspecified atom stereocenters. The Hall–Kier alpha value is -1.31. The quantitative estimate of drug-likeness (QED) is 0.807. The molecule has 2 nitrogen and oxygen atoms in total. The summed E-state index contributed by atoms with van der Waals surface area (Å²) in [7, 11) is 0. The molecule has 1 aromatic rings. The van der Waals surface area contributed by atoms with Gasteiger partial charge in [0.25, 0.3) is 0 Å². The number of nitrogens with zero attached hydrogens (tertiary/aromatic N) is 1. The number of hydrogen-bond donors (Lipinski definition) is 0. The first-order chi connectivity index (χ1) is 9.58. The lowest BCUT2D eigenvalue weighted by Crippen LogP contribution is -2.39. The van der Waals surface area contributed by atoms with Crippen molar-refractivity contribution in [1.82, 2.24) is 4.90 Å². The van der Waals surface area contributed by atoms with Crippen LogP contribution >= 0.6 is 0 Å². The molecule has 1 aliphatic rings. The van der Waals surface area contributed by atoms with E-state index in [0.717, 1.165) is 25.9 Å². The third kappa shape index (κ3) is 3.84. The van der Waals surface area contributed by atoms with Gasteiger partial charge < -0.3 is 4.90 Å². The highest BCUT2D eigenvalue weighted by molar-refractivity contribution is 5.76. The van der Waals surface area contributed by atoms with Crippen molar-refractivity contribution in [3.8, 4) is 0 Å². The van der Waals surface area contributed by atoms with Gasteiger partial charge in [-0.2, -0.15) is 0 Å². The third-order valence-electron chi connectivity index (χ3n) is 4.34. The smallest absolute Gasteiger partial charge is 0.222 e. The van der Waals surface area contributed by atoms with Crippen LogP contribution in [0.5, 0.6) is 0 Å². The van der Waals surface area contributed by atoms with E-state index in [4.69, 9.17) is 0 Å². The van der Waals surface area contributed by atoms with Crippen molar-refractivity contribution in [3.63, 3.8) is 0 Å². The molecule has 0 spiro atoms. The third-order valence-corrected chi connectivity index (χ3v) is 4.34. The molecule has 1 atom stereocenters. The Labute approximate surface area is 123 Å². The maximum Gasteiger partial charge on any atom is 0.222 e. The Morgan fingerprint density at radius 2 is 2.10 bits per heavy atom. The van der Waals surface area contributed by atoms with Crippen LogP contribution in [0.25, 0.3) is 0 Å². The summed E-state index contributed by atoms with van der Waals surface area (Å²) in [5, 5.41) is 0. The van der Waals surface area contributed by atoms with Crippen molar-refractivity contribution in [1.29, 1.82) is 0 Å². The Kier molecular flexibility index (Phi) is 5.22. The molecule has 1 saturated heterocycles. The van der Waals surface area contributed by atoms with E-state index < -0.39 is 0 Å². The van der Waals surface area contributed by atoms with Gasteiger partial charge in [-0.05, 0) is 43.2 Å². The van der Waals surface area contributed by atoms with Gasteiger partial charge in [-0.3, -0.25) is 4.79 Å². The minimum Gasteiger partial charge on any atom is -0.342 e. The van der Waals surface area contributed by atoms with Gasteiger partial charge in [0.05, 0.1) is 0 Å². The second kappa shape index (κ2) is 6.92. The predicted molar refractivity (Wildman–Crippen MR) is 83.8 cm³/mol. The average Bonchev–Trinajstić information content (AvgIpc) is 2.45. The number of amides is 1. The van der Waals surface area contributed by atoms with Crippen LogP contribution in [0.15, 0.2) is 24.3 Å². The molecular formula is C18H27NO. The lowest BCUT2D eigenvalue weighted by Gasteiger charge is -2.34. The van der Waals surface area contributed by atoms with Crippen LogP contribution in [-0.2, 0) is 4.79 Å². The Morgan fingerprint density at radius 1 is 1.35 bits per heavy atom. The fourth-order valence-corrected chi connectivity index (χ4v) is 3.07. The molecule has 1 aromatic carbocycles. The number of piperidine rings is 1. The molecule has 1 aliphatic heterocycles. The van der Waals surface area contributed by atoms with E-state index in [-0.39, 0.29) is 0 Å². The summed E-state index contributed by atoms with van der Waals surface area (Å²) in [4.78, 5) is 14.4. The number of likely N-dealkylation sites (tertiary alicyclic amines) is 1. The second-order valence-corrected chi connectivity index (χ2v) is 6.47. The fourth-order valence-electron chi connectivity index (χ4n) is 3.07. The molecule has 20 heavy (non-hydrogen) atoms. The first-order valence-corrected chi connectivity index (χ1v) is 7.91. The highest BCUT2D eigenvalue weighted by Gasteiger charge is 2.25. The zero-order valence-corrected chi connectivity index (χ0v) is 13.1. The maximum absolute atomic E-state index is 12.3. The van der Waals surface area contributed by atoms with Crippen LogP contribution in [0.3, 0.4) is 0 Å². The molecule has 1 heterocycles. The van der Waals surface area contributed by atoms with Gasteiger partial charge >= 0.3 is 0 Å². The maximum atomic E-state index is 12.3. The van der Waals surface area contributed by atoms with Crippen molar-refractivity contribution in [2.24, 2.45) is 5.92 Å². The summed E-state index contributed by atoms with van der Waals surface area (Å²) >= 11 is 0. The van der Waals surface area contributed by atoms with Crippen molar-refractivity contribution in [2.75, 3.05) is 13.1 Å². The minimum atomic E-state index is 0.344. The minimum absolute atomic E-state index is 0.344. The van der Waals surface area contributed by atoms with Gasteiger partial charge in [0.2, 0.25) is 5.91 Å². The molecule has 0 bridgehead atoms. The number of benzene rings is 1. The van der Waals surface area contributed by atoms with Gasteiger partial charge in [0.15, 0.2) is 0 Å². The topological polar surface area (TPSA) is 20.3 Å². The van der Waals surface area contributed by atoms with E-state index in [1.165, 1.54) is 17.5 Å². The fraction of sp³-hybridized carbons (Fsp3) is 0.611. The summed E-state index contributed by atoms with van der Waals surface area (Å²) in [6, 6.07) is 8.60. The van der Waals surface area contributed by atoms with Crippen LogP contribution in [0.2, 0.25) is 0 Å². The zero-order chi connectivity index (χ0) is 14.5. The first kappa shape index (κ1) is 15.1. The highest BCUT2D eigenvalue weighted by Crippen LogP contribution is 2.29. The molecule has 0 N–H and O–H groups in total. The molecule has 1 amide bonds. The summed E-state index contributed by atoms with van der Waals surface area (Å²) < 4.78 is 0. The monoisotopic (exact) mass is 273 g/mol. The van der Waals surface area contributed by atoms with E-state index in [1.807, 2.05) is 0 Å². The first-order valence-electron chi connectivity index (χ1n) is 7.91. The average molecular weight is 273 g/mol. The van der Waals surface area contributed by atoms with Gasteiger partial charge in [0.1, 0.15) is 0 Å². The summed E-state index contributed by atoms with van der Waals surface area (Å²) in [5.41, 5.74) is 2.78. The van der Waals surface area contributed by atoms with Crippen molar-refractivity contribution < 1.29 is 4.79 Å². The lowest BCUT2D eigenvalue weighted by molar-refractivity contribution is -0.132. The molecule has 0 radical (unpaired) electrons. The van der Waals surface area contributed by atoms with E-state index in [9.17, 15) is 4.79 Å². The molecular weight excluding hydrogens is 246 g/mol. The Balaban J connectivity index is 1.98. The summed E-state index contributed by atoms with van der Waals surface area (Å²) in [6.45, 7) is 8.38. The van der Waals surface area contributed by atoms with E-state index >= 15 is 0 Å². The van der Waals surface area contributed by atoms with E-state index in [2.05, 4.69) is 49.9 Å². The van der Waals surface area contributed by atoms with Gasteiger partial charge in [0, 0.05) is 25.4 Å². The Morgan fingerprint density at radius 3 is 2.80 bits per heavy atom. The molecule has 0 saturated carbocycles. The van der Waals surface area contributed by atoms with Crippen LogP contribution in [-0.4, -0.2) is 23.9 Å². The zero-order valence-electron chi connectivity index (χ0n) is 13.1. The van der Waals surface area contributed by atoms with Crippen LogP contribution in [0, 0.1) is 12.8 Å².